The lowest BCUT2D eigenvalue weighted by Gasteiger charge is -1.96. The zero-order valence-electron chi connectivity index (χ0n) is 7.54. The maximum absolute atomic E-state index is 4.28. The first-order valence-electron chi connectivity index (χ1n) is 3.95. The molecule has 1 rings (SSSR count). The van der Waals surface area contributed by atoms with Crippen molar-refractivity contribution in [2.75, 3.05) is 0 Å². The average molecular weight is 159 g/mol. The molecule has 12 heavy (non-hydrogen) atoms. The molecule has 1 aromatic rings. The second-order valence-corrected chi connectivity index (χ2v) is 2.89. The van der Waals surface area contributed by atoms with Crippen molar-refractivity contribution in [1.82, 2.24) is 0 Å². The number of allylic oxidation sites excluding steroid dienone is 1. The molecule has 0 aliphatic carbocycles. The van der Waals surface area contributed by atoms with Crippen molar-refractivity contribution in [3.05, 3.63) is 42.0 Å². The van der Waals surface area contributed by atoms with Crippen LogP contribution >= 0.6 is 0 Å². The van der Waals surface area contributed by atoms with Crippen molar-refractivity contribution in [2.45, 2.75) is 13.8 Å². The quantitative estimate of drug-likeness (QED) is 0.587. The summed E-state index contributed by atoms with van der Waals surface area (Å²) in [4.78, 5) is 4.28. The minimum Gasteiger partial charge on any atom is -0.256 e. The topological polar surface area (TPSA) is 12.4 Å². The fraction of sp³-hybridized carbons (Fsp3) is 0.182. The van der Waals surface area contributed by atoms with Gasteiger partial charge in [0.25, 0.3) is 0 Å². The fourth-order valence-electron chi connectivity index (χ4n) is 0.888. The summed E-state index contributed by atoms with van der Waals surface area (Å²) in [6.45, 7) is 7.73. The smallest absolute Gasteiger partial charge is 0.0658 e. The van der Waals surface area contributed by atoms with Crippen molar-refractivity contribution in [1.29, 1.82) is 0 Å². The minimum absolute atomic E-state index is 0.971. The molecule has 0 fully saturated rings. The van der Waals surface area contributed by atoms with Crippen LogP contribution in [-0.2, 0) is 0 Å². The molecular weight excluding hydrogens is 146 g/mol. The van der Waals surface area contributed by atoms with Crippen LogP contribution in [0.1, 0.15) is 12.5 Å². The third-order valence-electron chi connectivity index (χ3n) is 1.54. The molecule has 0 unspecified atom stereocenters. The molecule has 1 nitrogen and oxygen atoms in total. The Balaban J connectivity index is 2.89. The van der Waals surface area contributed by atoms with Gasteiger partial charge in [-0.05, 0) is 31.1 Å². The molecule has 1 heteroatoms. The Morgan fingerprint density at radius 2 is 2.08 bits per heavy atom. The summed E-state index contributed by atoms with van der Waals surface area (Å²) >= 11 is 0. The average Bonchev–Trinajstić information content (AvgIpc) is 2.03. The van der Waals surface area contributed by atoms with Gasteiger partial charge in [0.15, 0.2) is 0 Å². The van der Waals surface area contributed by atoms with E-state index in [0.29, 0.717) is 0 Å². The first-order chi connectivity index (χ1) is 5.70. The predicted octanol–water partition coefficient (Wildman–Crippen LogP) is 3.27. The molecule has 1 aromatic carbocycles. The molecule has 0 aliphatic heterocycles. The Hall–Kier alpha value is -1.37. The maximum Gasteiger partial charge on any atom is 0.0658 e. The molecule has 0 saturated heterocycles. The van der Waals surface area contributed by atoms with E-state index in [1.807, 2.05) is 38.1 Å². The summed E-state index contributed by atoms with van der Waals surface area (Å²) < 4.78 is 0. The SMILES string of the molecule is C=C(C)C=Nc1ccccc1C. The van der Waals surface area contributed by atoms with Gasteiger partial charge in [0.2, 0.25) is 0 Å². The lowest BCUT2D eigenvalue weighted by Crippen LogP contribution is -1.76. The number of rotatable bonds is 2. The standard InChI is InChI=1S/C11H13N/c1-9(2)8-12-11-7-5-4-6-10(11)3/h4-8H,1H2,2-3H3. The highest BCUT2D eigenvalue weighted by molar-refractivity contribution is 5.79. The number of hydrogen-bond donors (Lipinski definition) is 0. The molecule has 0 spiro atoms. The largest absolute Gasteiger partial charge is 0.256 e. The number of benzene rings is 1. The second kappa shape index (κ2) is 3.86. The minimum atomic E-state index is 0.971. The summed E-state index contributed by atoms with van der Waals surface area (Å²) in [5.41, 5.74) is 3.17. The van der Waals surface area contributed by atoms with Crippen molar-refractivity contribution < 1.29 is 0 Å². The van der Waals surface area contributed by atoms with Gasteiger partial charge in [0.1, 0.15) is 0 Å². The van der Waals surface area contributed by atoms with Crippen LogP contribution in [0.2, 0.25) is 0 Å². The monoisotopic (exact) mass is 159 g/mol. The van der Waals surface area contributed by atoms with Gasteiger partial charge in [-0.15, -0.1) is 0 Å². The van der Waals surface area contributed by atoms with Gasteiger partial charge < -0.3 is 0 Å². The predicted molar refractivity (Wildman–Crippen MR) is 54.1 cm³/mol. The highest BCUT2D eigenvalue weighted by atomic mass is 14.7. The van der Waals surface area contributed by atoms with Crippen LogP contribution in [0.5, 0.6) is 0 Å². The van der Waals surface area contributed by atoms with E-state index in [4.69, 9.17) is 0 Å². The molecule has 0 bridgehead atoms. The summed E-state index contributed by atoms with van der Waals surface area (Å²) in [7, 11) is 0. The van der Waals surface area contributed by atoms with Crippen LogP contribution in [0.15, 0.2) is 41.4 Å². The summed E-state index contributed by atoms with van der Waals surface area (Å²) in [5.74, 6) is 0. The maximum atomic E-state index is 4.28. The van der Waals surface area contributed by atoms with Gasteiger partial charge in [-0.25, -0.2) is 0 Å². The Morgan fingerprint density at radius 1 is 1.42 bits per heavy atom. The van der Waals surface area contributed by atoms with Crippen LogP contribution in [0.25, 0.3) is 0 Å². The fourth-order valence-corrected chi connectivity index (χ4v) is 0.888. The van der Waals surface area contributed by atoms with E-state index >= 15 is 0 Å². The summed E-state index contributed by atoms with van der Waals surface area (Å²) in [5, 5.41) is 0. The normalized spacial score (nSPS) is 10.5. The van der Waals surface area contributed by atoms with Crippen molar-refractivity contribution in [3.8, 4) is 0 Å². The van der Waals surface area contributed by atoms with Crippen LogP contribution in [0.3, 0.4) is 0 Å². The van der Waals surface area contributed by atoms with Crippen LogP contribution < -0.4 is 0 Å². The van der Waals surface area contributed by atoms with Crippen LogP contribution in [0, 0.1) is 6.92 Å². The highest BCUT2D eigenvalue weighted by Gasteiger charge is 1.90. The number of aryl methyl sites for hydroxylation is 1. The number of hydrogen-bond acceptors (Lipinski definition) is 1. The number of nitrogens with zero attached hydrogens (tertiary/aromatic N) is 1. The summed E-state index contributed by atoms with van der Waals surface area (Å²) in [6, 6.07) is 8.03. The third-order valence-corrected chi connectivity index (χ3v) is 1.54. The van der Waals surface area contributed by atoms with E-state index in [-0.39, 0.29) is 0 Å². The van der Waals surface area contributed by atoms with Crippen molar-refractivity contribution >= 4 is 11.9 Å². The highest BCUT2D eigenvalue weighted by Crippen LogP contribution is 2.16. The Morgan fingerprint density at radius 3 is 2.67 bits per heavy atom. The van der Waals surface area contributed by atoms with Gasteiger partial charge in [-0.1, -0.05) is 24.8 Å². The number of aliphatic imine (C=N–C) groups is 1. The molecule has 0 radical (unpaired) electrons. The molecule has 0 N–H and O–H groups in total. The molecule has 0 amide bonds. The Labute approximate surface area is 73.5 Å². The van der Waals surface area contributed by atoms with Gasteiger partial charge in [0, 0.05) is 6.21 Å². The van der Waals surface area contributed by atoms with E-state index in [9.17, 15) is 0 Å². The lowest BCUT2D eigenvalue weighted by atomic mass is 10.2. The van der Waals surface area contributed by atoms with Crippen LogP contribution in [0.4, 0.5) is 5.69 Å². The van der Waals surface area contributed by atoms with Gasteiger partial charge >= 0.3 is 0 Å². The lowest BCUT2D eigenvalue weighted by molar-refractivity contribution is 1.40. The molecule has 0 heterocycles. The molecule has 62 valence electrons. The van der Waals surface area contributed by atoms with E-state index in [1.165, 1.54) is 5.56 Å². The summed E-state index contributed by atoms with van der Waals surface area (Å²) in [6.07, 6.45) is 1.78. The van der Waals surface area contributed by atoms with E-state index in [2.05, 4.69) is 11.6 Å². The van der Waals surface area contributed by atoms with Gasteiger partial charge in [0.05, 0.1) is 5.69 Å². The van der Waals surface area contributed by atoms with Gasteiger partial charge in [-0.3, -0.25) is 4.99 Å². The van der Waals surface area contributed by atoms with Crippen molar-refractivity contribution in [3.63, 3.8) is 0 Å². The zero-order chi connectivity index (χ0) is 8.97. The number of para-hydroxylation sites is 1. The first kappa shape index (κ1) is 8.72. The zero-order valence-corrected chi connectivity index (χ0v) is 7.54. The van der Waals surface area contributed by atoms with Crippen molar-refractivity contribution in [2.24, 2.45) is 4.99 Å². The Kier molecular flexibility index (Phi) is 2.81. The van der Waals surface area contributed by atoms with Crippen LogP contribution in [-0.4, -0.2) is 6.21 Å². The van der Waals surface area contributed by atoms with Gasteiger partial charge in [-0.2, -0.15) is 0 Å². The Bertz CT molecular complexity index is 311. The molecule has 0 atom stereocenters. The second-order valence-electron chi connectivity index (χ2n) is 2.89. The molecular formula is C11H13N. The molecule has 0 aromatic heterocycles. The molecule has 0 aliphatic rings. The first-order valence-corrected chi connectivity index (χ1v) is 3.95. The van der Waals surface area contributed by atoms with E-state index < -0.39 is 0 Å². The molecule has 0 saturated carbocycles. The van der Waals surface area contributed by atoms with E-state index in [1.54, 1.807) is 6.21 Å². The third kappa shape index (κ3) is 2.35. The van der Waals surface area contributed by atoms with E-state index in [0.717, 1.165) is 11.3 Å².